The third-order valence-corrected chi connectivity index (χ3v) is 4.09. The lowest BCUT2D eigenvalue weighted by Gasteiger charge is -2.10. The summed E-state index contributed by atoms with van der Waals surface area (Å²) in [6.07, 6.45) is -3.31. The molecule has 1 N–H and O–H groups in total. The summed E-state index contributed by atoms with van der Waals surface area (Å²) in [4.78, 5) is 20.6. The molecule has 0 spiro atoms. The number of nitrogens with zero attached hydrogens (tertiary/aromatic N) is 2. The van der Waals surface area contributed by atoms with E-state index in [0.717, 1.165) is 12.1 Å². The number of oxazole rings is 1. The van der Waals surface area contributed by atoms with Gasteiger partial charge in [-0.05, 0) is 42.5 Å². The molecule has 0 unspecified atom stereocenters. The van der Waals surface area contributed by atoms with Gasteiger partial charge in [0.05, 0.1) is 11.1 Å². The van der Waals surface area contributed by atoms with E-state index < -0.39 is 29.0 Å². The zero-order chi connectivity index (χ0) is 20.6. The minimum atomic E-state index is -4.81. The Kier molecular flexibility index (Phi) is 4.50. The molecule has 4 rings (SSSR count). The van der Waals surface area contributed by atoms with Crippen LogP contribution < -0.4 is 5.32 Å². The lowest BCUT2D eigenvalue weighted by molar-refractivity contribution is -0.137. The Morgan fingerprint density at radius 2 is 1.86 bits per heavy atom. The van der Waals surface area contributed by atoms with E-state index in [9.17, 15) is 22.4 Å². The second kappa shape index (κ2) is 7.01. The topological polar surface area (TPSA) is 68.0 Å². The highest BCUT2D eigenvalue weighted by Crippen LogP contribution is 2.38. The van der Waals surface area contributed by atoms with Gasteiger partial charge >= 0.3 is 6.18 Å². The number of alkyl halides is 3. The van der Waals surface area contributed by atoms with Crippen molar-refractivity contribution in [3.05, 3.63) is 77.7 Å². The van der Waals surface area contributed by atoms with Gasteiger partial charge in [-0.25, -0.2) is 14.4 Å². The van der Waals surface area contributed by atoms with E-state index in [0.29, 0.717) is 11.9 Å². The summed E-state index contributed by atoms with van der Waals surface area (Å²) in [6.45, 7) is 0. The Labute approximate surface area is 161 Å². The van der Waals surface area contributed by atoms with E-state index in [-0.39, 0.29) is 22.6 Å². The fourth-order valence-electron chi connectivity index (χ4n) is 2.80. The number of fused-ring (bicyclic) bond motifs is 1. The molecule has 0 aliphatic rings. The van der Waals surface area contributed by atoms with Crippen molar-refractivity contribution >= 4 is 22.8 Å². The van der Waals surface area contributed by atoms with Crippen LogP contribution in [0, 0.1) is 5.82 Å². The maximum atomic E-state index is 13.4. The average Bonchev–Trinajstić information content (AvgIpc) is 3.12. The van der Waals surface area contributed by atoms with Gasteiger partial charge in [0.25, 0.3) is 5.91 Å². The van der Waals surface area contributed by atoms with Crippen LogP contribution in [0.25, 0.3) is 22.6 Å². The molecule has 2 heterocycles. The SMILES string of the molecule is O=C(Nc1ccccn1)c1cccc2oc(-c3ccc(F)cc3C(F)(F)F)nc12. The molecule has 0 saturated carbocycles. The van der Waals surface area contributed by atoms with Crippen LogP contribution in [0.4, 0.5) is 23.4 Å². The van der Waals surface area contributed by atoms with Gasteiger partial charge in [0.2, 0.25) is 5.89 Å². The summed E-state index contributed by atoms with van der Waals surface area (Å²) in [7, 11) is 0. The first-order valence-corrected chi connectivity index (χ1v) is 8.32. The van der Waals surface area contributed by atoms with Crippen LogP contribution in [0.5, 0.6) is 0 Å². The molecule has 0 fully saturated rings. The monoisotopic (exact) mass is 401 g/mol. The minimum absolute atomic E-state index is 0.0772. The molecule has 1 amide bonds. The second-order valence-electron chi connectivity index (χ2n) is 6.03. The van der Waals surface area contributed by atoms with Crippen molar-refractivity contribution in [3.63, 3.8) is 0 Å². The van der Waals surface area contributed by atoms with E-state index >= 15 is 0 Å². The van der Waals surface area contributed by atoms with Gasteiger partial charge in [0.15, 0.2) is 5.58 Å². The lowest BCUT2D eigenvalue weighted by atomic mass is 10.1. The molecule has 0 bridgehead atoms. The van der Waals surface area contributed by atoms with E-state index in [4.69, 9.17) is 4.42 Å². The third-order valence-electron chi connectivity index (χ3n) is 4.09. The van der Waals surface area contributed by atoms with Crippen molar-refractivity contribution in [2.75, 3.05) is 5.32 Å². The Balaban J connectivity index is 1.79. The number of anilines is 1. The number of aromatic nitrogens is 2. The lowest BCUT2D eigenvalue weighted by Crippen LogP contribution is -2.13. The van der Waals surface area contributed by atoms with Crippen molar-refractivity contribution < 1.29 is 26.8 Å². The molecule has 2 aromatic carbocycles. The Morgan fingerprint density at radius 3 is 2.59 bits per heavy atom. The first-order valence-electron chi connectivity index (χ1n) is 8.32. The summed E-state index contributed by atoms with van der Waals surface area (Å²) in [5, 5.41) is 2.58. The number of carbonyl (C=O) groups is 1. The van der Waals surface area contributed by atoms with Gasteiger partial charge in [-0.15, -0.1) is 0 Å². The van der Waals surface area contributed by atoms with Gasteiger partial charge in [-0.2, -0.15) is 13.2 Å². The quantitative estimate of drug-likeness (QED) is 0.473. The number of nitrogens with one attached hydrogen (secondary N) is 1. The molecular weight excluding hydrogens is 390 g/mol. The summed E-state index contributed by atoms with van der Waals surface area (Å²) in [5.41, 5.74) is -1.35. The number of rotatable bonds is 3. The number of benzene rings is 2. The van der Waals surface area contributed by atoms with Gasteiger partial charge in [-0.3, -0.25) is 4.79 Å². The largest absolute Gasteiger partial charge is 0.436 e. The summed E-state index contributed by atoms with van der Waals surface area (Å²) >= 11 is 0. The van der Waals surface area contributed by atoms with Crippen LogP contribution in [0.15, 0.2) is 65.2 Å². The molecule has 4 aromatic rings. The van der Waals surface area contributed by atoms with Gasteiger partial charge in [-0.1, -0.05) is 12.1 Å². The fraction of sp³-hybridized carbons (Fsp3) is 0.0500. The zero-order valence-corrected chi connectivity index (χ0v) is 14.5. The normalized spacial score (nSPS) is 11.6. The maximum Gasteiger partial charge on any atom is 0.417 e. The number of hydrogen-bond acceptors (Lipinski definition) is 4. The summed E-state index contributed by atoms with van der Waals surface area (Å²) in [5.74, 6) is -1.65. The predicted molar refractivity (Wildman–Crippen MR) is 96.6 cm³/mol. The molecular formula is C20H11F4N3O2. The van der Waals surface area contributed by atoms with Crippen LogP contribution in [-0.4, -0.2) is 15.9 Å². The first kappa shape index (κ1) is 18.6. The second-order valence-corrected chi connectivity index (χ2v) is 6.03. The summed E-state index contributed by atoms with van der Waals surface area (Å²) in [6, 6.07) is 11.6. The summed E-state index contributed by atoms with van der Waals surface area (Å²) < 4.78 is 58.7. The van der Waals surface area contributed by atoms with Crippen LogP contribution in [0.1, 0.15) is 15.9 Å². The van der Waals surface area contributed by atoms with E-state index in [1.807, 2.05) is 0 Å². The van der Waals surface area contributed by atoms with Crippen molar-refractivity contribution in [3.8, 4) is 11.5 Å². The smallest absolute Gasteiger partial charge is 0.417 e. The molecule has 0 aliphatic carbocycles. The number of hydrogen-bond donors (Lipinski definition) is 1. The molecule has 0 atom stereocenters. The highest BCUT2D eigenvalue weighted by Gasteiger charge is 2.35. The molecule has 146 valence electrons. The average molecular weight is 401 g/mol. The Bertz CT molecular complexity index is 1200. The van der Waals surface area contributed by atoms with E-state index in [1.54, 1.807) is 18.2 Å². The molecule has 0 saturated heterocycles. The van der Waals surface area contributed by atoms with Crippen LogP contribution in [0.3, 0.4) is 0 Å². The molecule has 29 heavy (non-hydrogen) atoms. The minimum Gasteiger partial charge on any atom is -0.436 e. The molecule has 5 nitrogen and oxygen atoms in total. The van der Waals surface area contributed by atoms with E-state index in [2.05, 4.69) is 15.3 Å². The number of halogens is 4. The predicted octanol–water partition coefficient (Wildman–Crippen LogP) is 5.30. The first-order chi connectivity index (χ1) is 13.8. The molecule has 0 aliphatic heterocycles. The number of pyridine rings is 1. The van der Waals surface area contributed by atoms with Crippen LogP contribution >= 0.6 is 0 Å². The standard InChI is InChI=1S/C20H11F4N3O2/c21-11-7-8-12(14(10-11)20(22,23)24)19-27-17-13(4-3-5-15(17)29-19)18(28)26-16-6-1-2-9-25-16/h1-10H,(H,25,26,28). The van der Waals surface area contributed by atoms with Crippen molar-refractivity contribution in [1.29, 1.82) is 0 Å². The van der Waals surface area contributed by atoms with Gasteiger partial charge < -0.3 is 9.73 Å². The van der Waals surface area contributed by atoms with Crippen LogP contribution in [-0.2, 0) is 6.18 Å². The van der Waals surface area contributed by atoms with E-state index in [1.165, 1.54) is 24.4 Å². The zero-order valence-electron chi connectivity index (χ0n) is 14.5. The molecule has 2 aromatic heterocycles. The molecule has 0 radical (unpaired) electrons. The number of para-hydroxylation sites is 1. The highest BCUT2D eigenvalue weighted by atomic mass is 19.4. The fourth-order valence-corrected chi connectivity index (χ4v) is 2.80. The highest BCUT2D eigenvalue weighted by molar-refractivity contribution is 6.11. The van der Waals surface area contributed by atoms with Crippen molar-refractivity contribution in [1.82, 2.24) is 9.97 Å². The van der Waals surface area contributed by atoms with Gasteiger partial charge in [0.1, 0.15) is 17.2 Å². The Morgan fingerprint density at radius 1 is 1.03 bits per heavy atom. The maximum absolute atomic E-state index is 13.4. The van der Waals surface area contributed by atoms with Gasteiger partial charge in [0, 0.05) is 11.8 Å². The molecule has 9 heteroatoms. The number of carbonyl (C=O) groups excluding carboxylic acids is 1. The van der Waals surface area contributed by atoms with Crippen LogP contribution in [0.2, 0.25) is 0 Å². The van der Waals surface area contributed by atoms with Crippen molar-refractivity contribution in [2.24, 2.45) is 0 Å². The van der Waals surface area contributed by atoms with Crippen molar-refractivity contribution in [2.45, 2.75) is 6.18 Å². The number of amides is 1. The Hall–Kier alpha value is -3.75. The third kappa shape index (κ3) is 3.66.